The summed E-state index contributed by atoms with van der Waals surface area (Å²) in [6.07, 6.45) is 4.13. The highest BCUT2D eigenvalue weighted by atomic mass is 32.1. The van der Waals surface area contributed by atoms with Gasteiger partial charge in [-0.15, -0.1) is 0 Å². The summed E-state index contributed by atoms with van der Waals surface area (Å²) in [5.41, 5.74) is 5.20. The summed E-state index contributed by atoms with van der Waals surface area (Å²) in [5, 5.41) is 3.09. The molecule has 0 aromatic carbocycles. The third-order valence-electron chi connectivity index (χ3n) is 3.95. The molecule has 1 aliphatic rings. The monoisotopic (exact) mass is 286 g/mol. The number of nitrogens with one attached hydrogen (secondary N) is 1. The van der Waals surface area contributed by atoms with Gasteiger partial charge in [-0.05, 0) is 26.2 Å². The maximum absolute atomic E-state index is 12.7. The average molecular weight is 286 g/mol. The number of carbonyl (C=O) groups excluding carboxylic acids is 1. The standard InChI is InChI=1S/C14H26N2O2S/c1-4-7-14(8-5-2,12(15)19)13(17)16-11-6-9-18-10(11)3/h10-11H,4-9H2,1-3H3,(H2,15,19)(H,16,17). The molecule has 1 saturated heterocycles. The van der Waals surface area contributed by atoms with Gasteiger partial charge in [0.25, 0.3) is 0 Å². The van der Waals surface area contributed by atoms with Crippen LogP contribution in [0.4, 0.5) is 0 Å². The number of hydrogen-bond donors (Lipinski definition) is 2. The van der Waals surface area contributed by atoms with Crippen LogP contribution in [0.25, 0.3) is 0 Å². The highest BCUT2D eigenvalue weighted by Gasteiger charge is 2.41. The van der Waals surface area contributed by atoms with Crippen molar-refractivity contribution < 1.29 is 9.53 Å². The Bertz CT molecular complexity index is 327. The van der Waals surface area contributed by atoms with Gasteiger partial charge >= 0.3 is 0 Å². The molecule has 0 aliphatic carbocycles. The van der Waals surface area contributed by atoms with Gasteiger partial charge in [-0.3, -0.25) is 4.79 Å². The van der Waals surface area contributed by atoms with Crippen molar-refractivity contribution in [3.63, 3.8) is 0 Å². The molecule has 4 nitrogen and oxygen atoms in total. The van der Waals surface area contributed by atoms with Crippen molar-refractivity contribution in [3.8, 4) is 0 Å². The largest absolute Gasteiger partial charge is 0.392 e. The Balaban J connectivity index is 2.83. The second kappa shape index (κ2) is 7.20. The van der Waals surface area contributed by atoms with Crippen molar-refractivity contribution in [3.05, 3.63) is 0 Å². The lowest BCUT2D eigenvalue weighted by Gasteiger charge is -2.32. The van der Waals surface area contributed by atoms with E-state index in [1.165, 1.54) is 0 Å². The molecule has 5 heteroatoms. The molecule has 1 aliphatic heterocycles. The van der Waals surface area contributed by atoms with Crippen LogP contribution in [0.15, 0.2) is 0 Å². The Hall–Kier alpha value is -0.680. The minimum Gasteiger partial charge on any atom is -0.392 e. The van der Waals surface area contributed by atoms with Crippen LogP contribution in [0.1, 0.15) is 52.9 Å². The molecule has 19 heavy (non-hydrogen) atoms. The van der Waals surface area contributed by atoms with E-state index in [2.05, 4.69) is 19.2 Å². The van der Waals surface area contributed by atoms with Crippen LogP contribution < -0.4 is 11.1 Å². The topological polar surface area (TPSA) is 64.3 Å². The molecule has 0 aromatic rings. The number of amides is 1. The Morgan fingerprint density at radius 1 is 1.42 bits per heavy atom. The van der Waals surface area contributed by atoms with E-state index in [1.54, 1.807) is 0 Å². The van der Waals surface area contributed by atoms with Gasteiger partial charge in [0.2, 0.25) is 5.91 Å². The zero-order chi connectivity index (χ0) is 14.5. The molecule has 0 saturated carbocycles. The molecule has 1 heterocycles. The average Bonchev–Trinajstić information content (AvgIpc) is 2.74. The Morgan fingerprint density at radius 3 is 2.37 bits per heavy atom. The molecule has 1 rings (SSSR count). The number of thiocarbonyl (C=S) groups is 1. The Morgan fingerprint density at radius 2 is 2.00 bits per heavy atom. The van der Waals surface area contributed by atoms with Crippen LogP contribution in [-0.2, 0) is 9.53 Å². The molecule has 2 unspecified atom stereocenters. The maximum atomic E-state index is 12.7. The van der Waals surface area contributed by atoms with E-state index in [-0.39, 0.29) is 18.1 Å². The summed E-state index contributed by atoms with van der Waals surface area (Å²) in [4.78, 5) is 13.0. The zero-order valence-corrected chi connectivity index (χ0v) is 13.0. The molecule has 2 atom stereocenters. The molecular formula is C14H26N2O2S. The summed E-state index contributed by atoms with van der Waals surface area (Å²) in [6.45, 7) is 6.79. The molecule has 0 aromatic heterocycles. The van der Waals surface area contributed by atoms with E-state index in [9.17, 15) is 4.79 Å². The van der Waals surface area contributed by atoms with E-state index in [1.807, 2.05) is 6.92 Å². The smallest absolute Gasteiger partial charge is 0.233 e. The van der Waals surface area contributed by atoms with Crippen molar-refractivity contribution in [1.29, 1.82) is 0 Å². The van der Waals surface area contributed by atoms with Gasteiger partial charge in [0.15, 0.2) is 0 Å². The molecule has 3 N–H and O–H groups in total. The lowest BCUT2D eigenvalue weighted by atomic mass is 9.78. The highest BCUT2D eigenvalue weighted by molar-refractivity contribution is 7.80. The minimum absolute atomic E-state index is 0.0222. The van der Waals surface area contributed by atoms with Gasteiger partial charge in [-0.2, -0.15) is 0 Å². The Labute approximate surface area is 121 Å². The van der Waals surface area contributed by atoms with Gasteiger partial charge in [0, 0.05) is 6.61 Å². The van der Waals surface area contributed by atoms with Crippen molar-refractivity contribution >= 4 is 23.1 Å². The fraction of sp³-hybridized carbons (Fsp3) is 0.857. The van der Waals surface area contributed by atoms with Crippen LogP contribution in [0.2, 0.25) is 0 Å². The van der Waals surface area contributed by atoms with Gasteiger partial charge in [-0.1, -0.05) is 38.9 Å². The predicted molar refractivity (Wildman–Crippen MR) is 81.0 cm³/mol. The lowest BCUT2D eigenvalue weighted by molar-refractivity contribution is -0.129. The molecule has 1 amide bonds. The summed E-state index contributed by atoms with van der Waals surface area (Å²) in [7, 11) is 0. The first-order valence-corrected chi connectivity index (χ1v) is 7.61. The summed E-state index contributed by atoms with van der Waals surface area (Å²) in [5.74, 6) is -0.0222. The van der Waals surface area contributed by atoms with Crippen molar-refractivity contribution in [2.75, 3.05) is 6.61 Å². The maximum Gasteiger partial charge on any atom is 0.233 e. The normalized spacial score (nSPS) is 23.3. The van der Waals surface area contributed by atoms with Crippen LogP contribution in [0, 0.1) is 5.41 Å². The first-order valence-electron chi connectivity index (χ1n) is 7.20. The zero-order valence-electron chi connectivity index (χ0n) is 12.2. The molecular weight excluding hydrogens is 260 g/mol. The highest BCUT2D eigenvalue weighted by Crippen LogP contribution is 2.31. The summed E-state index contributed by atoms with van der Waals surface area (Å²) in [6, 6.07) is 0.0786. The van der Waals surface area contributed by atoms with Gasteiger partial charge < -0.3 is 15.8 Å². The number of hydrogen-bond acceptors (Lipinski definition) is 3. The predicted octanol–water partition coefficient (Wildman–Crippen LogP) is 2.15. The minimum atomic E-state index is -0.693. The second-order valence-corrected chi connectivity index (χ2v) is 5.83. The van der Waals surface area contributed by atoms with E-state index < -0.39 is 5.41 Å². The molecule has 110 valence electrons. The third kappa shape index (κ3) is 3.66. The van der Waals surface area contributed by atoms with Crippen LogP contribution >= 0.6 is 12.2 Å². The summed E-state index contributed by atoms with van der Waals surface area (Å²) >= 11 is 5.19. The van der Waals surface area contributed by atoms with E-state index in [0.717, 1.165) is 19.3 Å². The van der Waals surface area contributed by atoms with Crippen LogP contribution in [-0.4, -0.2) is 29.6 Å². The first-order chi connectivity index (χ1) is 8.97. The number of nitrogens with two attached hydrogens (primary N) is 1. The number of carbonyl (C=O) groups is 1. The van der Waals surface area contributed by atoms with Crippen molar-refractivity contribution in [1.82, 2.24) is 5.32 Å². The SMILES string of the molecule is CCCC(CCC)(C(=O)NC1CCOC1C)C(N)=S. The second-order valence-electron chi connectivity index (χ2n) is 5.39. The first kappa shape index (κ1) is 16.4. The van der Waals surface area contributed by atoms with Gasteiger partial charge in [0.05, 0.1) is 22.5 Å². The van der Waals surface area contributed by atoms with Crippen LogP contribution in [0.3, 0.4) is 0 Å². The molecule has 0 radical (unpaired) electrons. The number of ether oxygens (including phenoxy) is 1. The Kier molecular flexibility index (Phi) is 6.20. The quantitative estimate of drug-likeness (QED) is 0.704. The van der Waals surface area contributed by atoms with Gasteiger partial charge in [-0.25, -0.2) is 0 Å². The van der Waals surface area contributed by atoms with E-state index >= 15 is 0 Å². The summed E-state index contributed by atoms with van der Waals surface area (Å²) < 4.78 is 5.48. The molecule has 0 spiro atoms. The van der Waals surface area contributed by atoms with Gasteiger partial charge in [0.1, 0.15) is 0 Å². The van der Waals surface area contributed by atoms with E-state index in [0.29, 0.717) is 24.4 Å². The lowest BCUT2D eigenvalue weighted by Crippen LogP contribution is -2.52. The fourth-order valence-corrected chi connectivity index (χ4v) is 3.09. The molecule has 0 bridgehead atoms. The molecule has 1 fully saturated rings. The van der Waals surface area contributed by atoms with Crippen molar-refractivity contribution in [2.24, 2.45) is 11.1 Å². The fourth-order valence-electron chi connectivity index (χ4n) is 2.79. The number of rotatable bonds is 7. The van der Waals surface area contributed by atoms with Crippen molar-refractivity contribution in [2.45, 2.75) is 65.0 Å². The van der Waals surface area contributed by atoms with E-state index in [4.69, 9.17) is 22.7 Å². The van der Waals surface area contributed by atoms with Crippen LogP contribution in [0.5, 0.6) is 0 Å². The third-order valence-corrected chi connectivity index (χ3v) is 4.34.